The van der Waals surface area contributed by atoms with E-state index in [4.69, 9.17) is 21.4 Å². The Hall–Kier alpha value is -3.58. The van der Waals surface area contributed by atoms with Gasteiger partial charge in [0.25, 0.3) is 0 Å². The van der Waals surface area contributed by atoms with Crippen LogP contribution in [0.1, 0.15) is 18.5 Å². The van der Waals surface area contributed by atoms with Crippen LogP contribution in [0.25, 0.3) is 16.9 Å². The molecule has 34 heavy (non-hydrogen) atoms. The molecular weight excluding hydrogens is 450 g/mol. The number of hydrogen-bond donors (Lipinski definition) is 1. The fourth-order valence-corrected chi connectivity index (χ4v) is 4.48. The lowest BCUT2D eigenvalue weighted by atomic mass is 9.95. The van der Waals surface area contributed by atoms with Gasteiger partial charge in [-0.2, -0.15) is 9.61 Å². The second-order valence-corrected chi connectivity index (χ2v) is 8.98. The van der Waals surface area contributed by atoms with Crippen LogP contribution < -0.4 is 15.0 Å². The molecule has 1 fully saturated rings. The molecular formula is C26H26ClN5O2. The molecule has 8 heteroatoms. The van der Waals surface area contributed by atoms with Crippen molar-refractivity contribution in [3.8, 4) is 17.0 Å². The summed E-state index contributed by atoms with van der Waals surface area (Å²) in [6, 6.07) is 19.1. The van der Waals surface area contributed by atoms with Crippen molar-refractivity contribution < 1.29 is 9.53 Å². The molecule has 3 heterocycles. The van der Waals surface area contributed by atoms with Crippen molar-refractivity contribution in [3.05, 3.63) is 71.4 Å². The van der Waals surface area contributed by atoms with Crippen LogP contribution in [0.5, 0.6) is 5.75 Å². The Morgan fingerprint density at radius 2 is 1.76 bits per heavy atom. The number of hydrogen-bond acceptors (Lipinski definition) is 5. The number of rotatable bonds is 5. The molecule has 7 nitrogen and oxygen atoms in total. The number of benzene rings is 2. The molecule has 2 aromatic heterocycles. The molecule has 0 unspecified atom stereocenters. The lowest BCUT2D eigenvalue weighted by molar-refractivity contribution is -0.120. The van der Waals surface area contributed by atoms with Crippen LogP contribution in [0.15, 0.2) is 60.7 Å². The molecule has 1 N–H and O–H groups in total. The number of nitrogens with one attached hydrogen (secondary N) is 1. The molecule has 1 aliphatic heterocycles. The van der Waals surface area contributed by atoms with Gasteiger partial charge in [-0.1, -0.05) is 11.6 Å². The number of piperidine rings is 1. The number of fused-ring (bicyclic) bond motifs is 1. The number of carbonyl (C=O) groups excluding carboxylic acids is 1. The first-order valence-corrected chi connectivity index (χ1v) is 11.7. The van der Waals surface area contributed by atoms with Gasteiger partial charge in [0.05, 0.1) is 12.8 Å². The van der Waals surface area contributed by atoms with Crippen molar-refractivity contribution in [2.45, 2.75) is 19.8 Å². The van der Waals surface area contributed by atoms with E-state index in [0.29, 0.717) is 5.02 Å². The summed E-state index contributed by atoms with van der Waals surface area (Å²) in [6.07, 6.45) is 1.55. The maximum atomic E-state index is 12.8. The van der Waals surface area contributed by atoms with Gasteiger partial charge in [-0.3, -0.25) is 4.79 Å². The molecule has 2 aromatic carbocycles. The summed E-state index contributed by atoms with van der Waals surface area (Å²) in [5.74, 6) is 1.83. The van der Waals surface area contributed by atoms with Gasteiger partial charge in [-0.25, -0.2) is 4.98 Å². The largest absolute Gasteiger partial charge is 0.497 e. The molecule has 0 saturated carbocycles. The minimum absolute atomic E-state index is 0.0298. The Balaban J connectivity index is 1.32. The van der Waals surface area contributed by atoms with E-state index in [1.54, 1.807) is 19.2 Å². The Labute approximate surface area is 203 Å². The maximum Gasteiger partial charge on any atom is 0.227 e. The Kier molecular flexibility index (Phi) is 6.11. The van der Waals surface area contributed by atoms with Gasteiger partial charge in [0, 0.05) is 53.1 Å². The Bertz CT molecular complexity index is 1310. The topological polar surface area (TPSA) is 71.8 Å². The predicted molar refractivity (Wildman–Crippen MR) is 135 cm³/mol. The summed E-state index contributed by atoms with van der Waals surface area (Å²) < 4.78 is 7.17. The van der Waals surface area contributed by atoms with Gasteiger partial charge >= 0.3 is 0 Å². The molecule has 1 aliphatic rings. The Morgan fingerprint density at radius 3 is 2.44 bits per heavy atom. The zero-order valence-corrected chi connectivity index (χ0v) is 19.9. The van der Waals surface area contributed by atoms with Crippen LogP contribution in [-0.2, 0) is 4.79 Å². The van der Waals surface area contributed by atoms with Crippen LogP contribution in [0.3, 0.4) is 0 Å². The molecule has 1 amide bonds. The summed E-state index contributed by atoms with van der Waals surface area (Å²) in [7, 11) is 1.66. The standard InChI is InChI=1S/C26H26ClN5O2/c1-17-15-25(32-24(28-17)16-23(30-32)18-3-9-22(34-2)10-4-18)31-13-11-19(12-14-31)26(33)29-21-7-5-20(27)6-8-21/h3-10,15-16,19H,11-14H2,1-2H3,(H,29,33). The average Bonchev–Trinajstić information content (AvgIpc) is 3.29. The van der Waals surface area contributed by atoms with Crippen LogP contribution in [0.2, 0.25) is 5.02 Å². The quantitative estimate of drug-likeness (QED) is 0.428. The summed E-state index contributed by atoms with van der Waals surface area (Å²) in [4.78, 5) is 19.7. The van der Waals surface area contributed by atoms with Gasteiger partial charge in [0.1, 0.15) is 11.6 Å². The molecule has 0 radical (unpaired) electrons. The fraction of sp³-hybridized carbons (Fsp3) is 0.269. The molecule has 0 aliphatic carbocycles. The SMILES string of the molecule is COc1ccc(-c2cc3nc(C)cc(N4CCC(C(=O)Nc5ccc(Cl)cc5)CC4)n3n2)cc1. The summed E-state index contributed by atoms with van der Waals surface area (Å²) in [5, 5.41) is 8.51. The number of aryl methyl sites for hydroxylation is 1. The normalized spacial score (nSPS) is 14.4. The lowest BCUT2D eigenvalue weighted by Crippen LogP contribution is -2.39. The van der Waals surface area contributed by atoms with Crippen molar-refractivity contribution >= 4 is 34.7 Å². The van der Waals surface area contributed by atoms with Crippen LogP contribution in [-0.4, -0.2) is 40.7 Å². The highest BCUT2D eigenvalue weighted by Gasteiger charge is 2.27. The number of nitrogens with zero attached hydrogens (tertiary/aromatic N) is 4. The first-order valence-electron chi connectivity index (χ1n) is 11.3. The highest BCUT2D eigenvalue weighted by molar-refractivity contribution is 6.30. The molecule has 1 saturated heterocycles. The van der Waals surface area contributed by atoms with Gasteiger partial charge in [0.2, 0.25) is 5.91 Å². The van der Waals surface area contributed by atoms with Crippen LogP contribution in [0.4, 0.5) is 11.5 Å². The first kappa shape index (κ1) is 22.2. The minimum Gasteiger partial charge on any atom is -0.497 e. The van der Waals surface area contributed by atoms with Gasteiger partial charge in [-0.15, -0.1) is 0 Å². The van der Waals surface area contributed by atoms with E-state index in [1.165, 1.54) is 0 Å². The van der Waals surface area contributed by atoms with E-state index in [1.807, 2.05) is 53.9 Å². The van der Waals surface area contributed by atoms with E-state index >= 15 is 0 Å². The van der Waals surface area contributed by atoms with Crippen molar-refractivity contribution in [2.24, 2.45) is 5.92 Å². The van der Waals surface area contributed by atoms with Gasteiger partial charge in [-0.05, 0) is 68.3 Å². The van der Waals surface area contributed by atoms with E-state index in [9.17, 15) is 4.79 Å². The number of methoxy groups -OCH3 is 1. The molecule has 174 valence electrons. The van der Waals surface area contributed by atoms with Gasteiger partial charge in [0.15, 0.2) is 5.65 Å². The molecule has 0 atom stereocenters. The number of anilines is 2. The maximum absolute atomic E-state index is 12.8. The summed E-state index contributed by atoms with van der Waals surface area (Å²) in [6.45, 7) is 3.54. The van der Waals surface area contributed by atoms with E-state index in [0.717, 1.165) is 65.8 Å². The van der Waals surface area contributed by atoms with Crippen molar-refractivity contribution in [1.82, 2.24) is 14.6 Å². The zero-order valence-electron chi connectivity index (χ0n) is 19.2. The van der Waals surface area contributed by atoms with E-state index in [2.05, 4.69) is 21.3 Å². The van der Waals surface area contributed by atoms with Crippen molar-refractivity contribution in [1.29, 1.82) is 0 Å². The van der Waals surface area contributed by atoms with E-state index in [-0.39, 0.29) is 11.8 Å². The van der Waals surface area contributed by atoms with Crippen LogP contribution >= 0.6 is 11.6 Å². The third-order valence-corrected chi connectivity index (χ3v) is 6.48. The van der Waals surface area contributed by atoms with Crippen molar-refractivity contribution in [2.75, 3.05) is 30.4 Å². The highest BCUT2D eigenvalue weighted by Crippen LogP contribution is 2.28. The Morgan fingerprint density at radius 1 is 1.06 bits per heavy atom. The van der Waals surface area contributed by atoms with Crippen LogP contribution in [0, 0.1) is 12.8 Å². The highest BCUT2D eigenvalue weighted by atomic mass is 35.5. The average molecular weight is 476 g/mol. The number of amides is 1. The molecule has 0 spiro atoms. The first-order chi connectivity index (χ1) is 16.5. The number of carbonyl (C=O) groups is 1. The monoisotopic (exact) mass is 475 g/mol. The fourth-order valence-electron chi connectivity index (χ4n) is 4.36. The second-order valence-electron chi connectivity index (χ2n) is 8.54. The van der Waals surface area contributed by atoms with Crippen molar-refractivity contribution in [3.63, 3.8) is 0 Å². The third-order valence-electron chi connectivity index (χ3n) is 6.22. The zero-order chi connectivity index (χ0) is 23.7. The lowest BCUT2D eigenvalue weighted by Gasteiger charge is -2.33. The molecule has 5 rings (SSSR count). The van der Waals surface area contributed by atoms with E-state index < -0.39 is 0 Å². The van der Waals surface area contributed by atoms with Gasteiger partial charge < -0.3 is 15.0 Å². The predicted octanol–water partition coefficient (Wildman–Crippen LogP) is 5.22. The number of halogens is 1. The second kappa shape index (κ2) is 9.35. The third kappa shape index (κ3) is 4.56. The molecule has 0 bridgehead atoms. The number of aromatic nitrogens is 3. The number of ether oxygens (including phenoxy) is 1. The summed E-state index contributed by atoms with van der Waals surface area (Å²) >= 11 is 5.94. The molecule has 4 aromatic rings. The smallest absolute Gasteiger partial charge is 0.227 e. The minimum atomic E-state index is -0.0298. The summed E-state index contributed by atoms with van der Waals surface area (Å²) in [5.41, 5.74) is 4.38.